The van der Waals surface area contributed by atoms with Gasteiger partial charge in [-0.25, -0.2) is 9.78 Å². The first-order valence-electron chi connectivity index (χ1n) is 5.58. The molecule has 1 aromatic heterocycles. The van der Waals surface area contributed by atoms with E-state index in [2.05, 4.69) is 15.2 Å². The molecule has 8 nitrogen and oxygen atoms in total. The lowest BCUT2D eigenvalue weighted by Gasteiger charge is -2.38. The Bertz CT molecular complexity index is 466. The van der Waals surface area contributed by atoms with Gasteiger partial charge in [0, 0.05) is 20.1 Å². The maximum Gasteiger partial charge on any atom is 0.320 e. The van der Waals surface area contributed by atoms with Crippen molar-refractivity contribution in [2.45, 2.75) is 13.5 Å². The topological polar surface area (TPSA) is 102 Å². The zero-order chi connectivity index (χ0) is 13.3. The lowest BCUT2D eigenvalue weighted by atomic mass is 10.0. The van der Waals surface area contributed by atoms with Gasteiger partial charge in [0.05, 0.1) is 12.5 Å². The summed E-state index contributed by atoms with van der Waals surface area (Å²) in [6, 6.07) is -0.199. The Morgan fingerprint density at radius 3 is 2.72 bits per heavy atom. The number of urea groups is 1. The number of carbonyl (C=O) groups is 2. The number of rotatable bonds is 3. The molecule has 0 saturated carbocycles. The highest BCUT2D eigenvalue weighted by Gasteiger charge is 2.36. The van der Waals surface area contributed by atoms with Crippen LogP contribution in [-0.4, -0.2) is 62.2 Å². The Hall–Kier alpha value is -2.12. The number of carboxylic acids is 1. The monoisotopic (exact) mass is 253 g/mol. The Morgan fingerprint density at radius 2 is 2.22 bits per heavy atom. The Balaban J connectivity index is 1.85. The predicted molar refractivity (Wildman–Crippen MR) is 60.7 cm³/mol. The van der Waals surface area contributed by atoms with E-state index in [1.165, 1.54) is 9.80 Å². The number of hydrogen-bond donors (Lipinski definition) is 2. The number of aliphatic carboxylic acids is 1. The van der Waals surface area contributed by atoms with E-state index in [1.807, 2.05) is 0 Å². The Labute approximate surface area is 104 Å². The molecule has 1 fully saturated rings. The molecule has 1 aromatic rings. The molecule has 0 atom stereocenters. The Morgan fingerprint density at radius 1 is 1.56 bits per heavy atom. The summed E-state index contributed by atoms with van der Waals surface area (Å²) < 4.78 is 0. The van der Waals surface area contributed by atoms with Gasteiger partial charge in [0.1, 0.15) is 5.82 Å². The molecule has 0 bridgehead atoms. The van der Waals surface area contributed by atoms with Crippen molar-refractivity contribution < 1.29 is 14.7 Å². The number of carboxylic acid groups (broad SMARTS) is 1. The Kier molecular flexibility index (Phi) is 3.17. The second kappa shape index (κ2) is 4.63. The number of aromatic nitrogens is 3. The quantitative estimate of drug-likeness (QED) is 0.768. The third-order valence-electron chi connectivity index (χ3n) is 2.85. The molecule has 98 valence electrons. The van der Waals surface area contributed by atoms with Gasteiger partial charge >= 0.3 is 12.0 Å². The molecule has 18 heavy (non-hydrogen) atoms. The van der Waals surface area contributed by atoms with E-state index in [1.54, 1.807) is 14.0 Å². The van der Waals surface area contributed by atoms with Crippen molar-refractivity contribution in [3.63, 3.8) is 0 Å². The summed E-state index contributed by atoms with van der Waals surface area (Å²) in [5.41, 5.74) is 0. The van der Waals surface area contributed by atoms with Crippen molar-refractivity contribution >= 4 is 12.0 Å². The predicted octanol–water partition coefficient (Wildman–Crippen LogP) is -0.319. The molecule has 8 heteroatoms. The number of H-pyrrole nitrogens is 1. The standard InChI is InChI=1S/C10H15N5O3/c1-6-11-8(13-12-6)5-14(2)10(18)15-3-7(4-15)9(16)17/h7H,3-5H2,1-2H3,(H,16,17)(H,11,12,13). The smallest absolute Gasteiger partial charge is 0.320 e. The van der Waals surface area contributed by atoms with E-state index in [0.29, 0.717) is 18.2 Å². The van der Waals surface area contributed by atoms with Crippen LogP contribution >= 0.6 is 0 Å². The third-order valence-corrected chi connectivity index (χ3v) is 2.85. The summed E-state index contributed by atoms with van der Waals surface area (Å²) in [5.74, 6) is -0.0567. The van der Waals surface area contributed by atoms with E-state index in [9.17, 15) is 9.59 Å². The number of aromatic amines is 1. The van der Waals surface area contributed by atoms with Crippen LogP contribution in [0.3, 0.4) is 0 Å². The van der Waals surface area contributed by atoms with Crippen LogP contribution in [0.4, 0.5) is 4.79 Å². The summed E-state index contributed by atoms with van der Waals surface area (Å²) >= 11 is 0. The van der Waals surface area contributed by atoms with Crippen LogP contribution in [0.1, 0.15) is 11.6 Å². The number of hydrogen-bond acceptors (Lipinski definition) is 4. The summed E-state index contributed by atoms with van der Waals surface area (Å²) in [6.45, 7) is 2.62. The highest BCUT2D eigenvalue weighted by atomic mass is 16.4. The van der Waals surface area contributed by atoms with Gasteiger partial charge in [-0.3, -0.25) is 9.89 Å². The normalized spacial score (nSPS) is 15.3. The van der Waals surface area contributed by atoms with Crippen LogP contribution in [-0.2, 0) is 11.3 Å². The zero-order valence-electron chi connectivity index (χ0n) is 10.3. The minimum atomic E-state index is -0.855. The fourth-order valence-electron chi connectivity index (χ4n) is 1.77. The van der Waals surface area contributed by atoms with Crippen molar-refractivity contribution in [3.05, 3.63) is 11.6 Å². The van der Waals surface area contributed by atoms with Crippen LogP contribution in [0.25, 0.3) is 0 Å². The van der Waals surface area contributed by atoms with Crippen LogP contribution in [0.5, 0.6) is 0 Å². The molecule has 1 aliphatic heterocycles. The molecule has 2 rings (SSSR count). The first-order valence-corrected chi connectivity index (χ1v) is 5.58. The first kappa shape index (κ1) is 12.3. The minimum absolute atomic E-state index is 0.199. The average molecular weight is 253 g/mol. The summed E-state index contributed by atoms with van der Waals surface area (Å²) in [4.78, 5) is 29.6. The molecule has 0 aromatic carbocycles. The van der Waals surface area contributed by atoms with Gasteiger partial charge in [0.25, 0.3) is 0 Å². The average Bonchev–Trinajstić information content (AvgIpc) is 2.60. The number of aryl methyl sites for hydroxylation is 1. The zero-order valence-corrected chi connectivity index (χ0v) is 10.3. The molecule has 0 radical (unpaired) electrons. The fourth-order valence-corrected chi connectivity index (χ4v) is 1.77. The van der Waals surface area contributed by atoms with Gasteiger partial charge in [0.15, 0.2) is 5.82 Å². The van der Waals surface area contributed by atoms with Crippen LogP contribution in [0, 0.1) is 12.8 Å². The summed E-state index contributed by atoms with van der Waals surface area (Å²) in [6.07, 6.45) is 0. The van der Waals surface area contributed by atoms with E-state index >= 15 is 0 Å². The van der Waals surface area contributed by atoms with E-state index in [0.717, 1.165) is 0 Å². The molecular formula is C10H15N5O3. The number of amides is 2. The van der Waals surface area contributed by atoms with Crippen molar-refractivity contribution in [1.29, 1.82) is 0 Å². The van der Waals surface area contributed by atoms with Crippen molar-refractivity contribution in [3.8, 4) is 0 Å². The van der Waals surface area contributed by atoms with E-state index in [4.69, 9.17) is 5.11 Å². The van der Waals surface area contributed by atoms with Gasteiger partial charge < -0.3 is 14.9 Å². The second-order valence-corrected chi connectivity index (χ2v) is 4.42. The van der Waals surface area contributed by atoms with Gasteiger partial charge in [-0.05, 0) is 6.92 Å². The summed E-state index contributed by atoms with van der Waals surface area (Å²) in [7, 11) is 1.64. The summed E-state index contributed by atoms with van der Waals surface area (Å²) in [5, 5.41) is 15.4. The maximum absolute atomic E-state index is 11.9. The fraction of sp³-hybridized carbons (Fsp3) is 0.600. The first-order chi connectivity index (χ1) is 8.47. The number of likely N-dealkylation sites (tertiary alicyclic amines) is 1. The van der Waals surface area contributed by atoms with Gasteiger partial charge in [0.2, 0.25) is 0 Å². The number of nitrogens with one attached hydrogen (secondary N) is 1. The van der Waals surface area contributed by atoms with Crippen LogP contribution in [0.15, 0.2) is 0 Å². The van der Waals surface area contributed by atoms with Crippen molar-refractivity contribution in [2.24, 2.45) is 5.92 Å². The largest absolute Gasteiger partial charge is 0.481 e. The lowest BCUT2D eigenvalue weighted by Crippen LogP contribution is -2.56. The molecule has 1 aliphatic rings. The molecular weight excluding hydrogens is 238 g/mol. The SMILES string of the molecule is Cc1nc(CN(C)C(=O)N2CC(C(=O)O)C2)n[nH]1. The number of carbonyl (C=O) groups excluding carboxylic acids is 1. The number of nitrogens with zero attached hydrogens (tertiary/aromatic N) is 4. The second-order valence-electron chi connectivity index (χ2n) is 4.42. The van der Waals surface area contributed by atoms with Crippen LogP contribution < -0.4 is 0 Å². The minimum Gasteiger partial charge on any atom is -0.481 e. The van der Waals surface area contributed by atoms with Crippen molar-refractivity contribution in [1.82, 2.24) is 25.0 Å². The highest BCUT2D eigenvalue weighted by Crippen LogP contribution is 2.17. The maximum atomic E-state index is 11.9. The molecule has 0 aliphatic carbocycles. The van der Waals surface area contributed by atoms with Gasteiger partial charge in [-0.2, -0.15) is 5.10 Å². The van der Waals surface area contributed by atoms with Gasteiger partial charge in [-0.1, -0.05) is 0 Å². The van der Waals surface area contributed by atoms with E-state index in [-0.39, 0.29) is 19.1 Å². The van der Waals surface area contributed by atoms with Crippen LogP contribution in [0.2, 0.25) is 0 Å². The van der Waals surface area contributed by atoms with E-state index < -0.39 is 11.9 Å². The molecule has 0 unspecified atom stereocenters. The van der Waals surface area contributed by atoms with Crippen molar-refractivity contribution in [2.75, 3.05) is 20.1 Å². The lowest BCUT2D eigenvalue weighted by molar-refractivity contribution is -0.146. The molecule has 1 saturated heterocycles. The molecule has 2 heterocycles. The third kappa shape index (κ3) is 2.41. The highest BCUT2D eigenvalue weighted by molar-refractivity contribution is 5.79. The molecule has 2 amide bonds. The molecule has 0 spiro atoms. The molecule has 2 N–H and O–H groups in total. The van der Waals surface area contributed by atoms with Gasteiger partial charge in [-0.15, -0.1) is 0 Å².